The fourth-order valence-electron chi connectivity index (χ4n) is 3.49. The summed E-state index contributed by atoms with van der Waals surface area (Å²) in [5.74, 6) is 1.10. The highest BCUT2D eigenvalue weighted by Crippen LogP contribution is 2.27. The van der Waals surface area contributed by atoms with E-state index in [2.05, 4.69) is 10.5 Å². The van der Waals surface area contributed by atoms with E-state index in [1.54, 1.807) is 30.3 Å². The van der Waals surface area contributed by atoms with Crippen molar-refractivity contribution in [1.29, 1.82) is 0 Å². The molecule has 10 heteroatoms. The van der Waals surface area contributed by atoms with E-state index in [-0.39, 0.29) is 11.4 Å². The molecule has 0 heterocycles. The third kappa shape index (κ3) is 7.80. The first-order valence-corrected chi connectivity index (χ1v) is 13.1. The Kier molecular flexibility index (Phi) is 10.0. The second-order valence-corrected chi connectivity index (χ2v) is 9.82. The van der Waals surface area contributed by atoms with E-state index in [0.29, 0.717) is 35.8 Å². The number of rotatable bonds is 13. The first-order valence-electron chi connectivity index (χ1n) is 11.7. The summed E-state index contributed by atoms with van der Waals surface area (Å²) in [7, 11) is -0.914. The van der Waals surface area contributed by atoms with Gasteiger partial charge in [-0.25, -0.2) is 13.8 Å². The fourth-order valence-corrected chi connectivity index (χ4v) is 4.89. The average Bonchev–Trinajstić information content (AvgIpc) is 2.92. The van der Waals surface area contributed by atoms with E-state index < -0.39 is 22.5 Å². The van der Waals surface area contributed by atoms with Crippen LogP contribution in [0.4, 0.5) is 0 Å². The van der Waals surface area contributed by atoms with Gasteiger partial charge in [0.2, 0.25) is 10.0 Å². The lowest BCUT2D eigenvalue weighted by Crippen LogP contribution is -2.40. The van der Waals surface area contributed by atoms with Crippen molar-refractivity contribution < 1.29 is 27.4 Å². The number of ether oxygens (including phenoxy) is 3. The highest BCUT2D eigenvalue weighted by atomic mass is 32.2. The number of carbonyl (C=O) groups excluding carboxylic acids is 1. The molecule has 1 amide bonds. The molecule has 3 rings (SSSR count). The number of sulfonamides is 1. The molecule has 0 aliphatic carbocycles. The lowest BCUT2D eigenvalue weighted by molar-refractivity contribution is -0.121. The minimum atomic E-state index is -3.95. The summed E-state index contributed by atoms with van der Waals surface area (Å²) in [5, 5.41) is 3.98. The molecule has 0 saturated carbocycles. The van der Waals surface area contributed by atoms with Crippen LogP contribution < -0.4 is 19.6 Å². The molecule has 0 aromatic heterocycles. The molecule has 3 aromatic rings. The SMILES string of the molecule is CCOc1ccc(/C=N\NC(=O)CN(CCc2ccccc2)S(=O)(=O)c2ccc(OC)cc2)cc1OC. The summed E-state index contributed by atoms with van der Waals surface area (Å²) in [5.41, 5.74) is 4.04. The Morgan fingerprint density at radius 2 is 1.70 bits per heavy atom. The van der Waals surface area contributed by atoms with E-state index in [4.69, 9.17) is 14.2 Å². The molecule has 0 bridgehead atoms. The molecule has 37 heavy (non-hydrogen) atoms. The van der Waals surface area contributed by atoms with Gasteiger partial charge in [-0.15, -0.1) is 0 Å². The Bertz CT molecular complexity index is 1300. The van der Waals surface area contributed by atoms with Crippen LogP contribution in [0.5, 0.6) is 17.2 Å². The molecule has 0 aliphatic rings. The van der Waals surface area contributed by atoms with Gasteiger partial charge in [-0.3, -0.25) is 4.79 Å². The second kappa shape index (κ2) is 13.4. The van der Waals surface area contributed by atoms with Crippen LogP contribution in [0.2, 0.25) is 0 Å². The Balaban J connectivity index is 1.73. The van der Waals surface area contributed by atoms with Crippen LogP contribution in [0, 0.1) is 0 Å². The predicted octanol–water partition coefficient (Wildman–Crippen LogP) is 3.49. The van der Waals surface area contributed by atoms with Crippen LogP contribution >= 0.6 is 0 Å². The van der Waals surface area contributed by atoms with Crippen LogP contribution in [0.3, 0.4) is 0 Å². The van der Waals surface area contributed by atoms with E-state index in [0.717, 1.165) is 9.87 Å². The van der Waals surface area contributed by atoms with E-state index in [9.17, 15) is 13.2 Å². The summed E-state index contributed by atoms with van der Waals surface area (Å²) in [6.45, 7) is 2.10. The maximum absolute atomic E-state index is 13.4. The average molecular weight is 526 g/mol. The zero-order valence-corrected chi connectivity index (χ0v) is 21.9. The standard InChI is InChI=1S/C27H31N3O6S/c1-4-36-25-15-10-22(18-26(25)35-3)19-28-29-27(31)20-30(17-16-21-8-6-5-7-9-21)37(32,33)24-13-11-23(34-2)12-14-24/h5-15,18-19H,4,16-17,20H2,1-3H3,(H,29,31)/b28-19-. The molecule has 0 fully saturated rings. The van der Waals surface area contributed by atoms with Gasteiger partial charge in [0.05, 0.1) is 38.5 Å². The first-order chi connectivity index (χ1) is 17.9. The molecule has 3 aromatic carbocycles. The van der Waals surface area contributed by atoms with E-state index in [1.807, 2.05) is 37.3 Å². The van der Waals surface area contributed by atoms with Gasteiger partial charge in [-0.1, -0.05) is 30.3 Å². The highest BCUT2D eigenvalue weighted by Gasteiger charge is 2.26. The maximum Gasteiger partial charge on any atom is 0.255 e. The molecule has 0 radical (unpaired) electrons. The summed E-state index contributed by atoms with van der Waals surface area (Å²) >= 11 is 0. The highest BCUT2D eigenvalue weighted by molar-refractivity contribution is 7.89. The van der Waals surface area contributed by atoms with Crippen molar-refractivity contribution in [2.75, 3.05) is 33.9 Å². The maximum atomic E-state index is 13.4. The largest absolute Gasteiger partial charge is 0.497 e. The Hall–Kier alpha value is -3.89. The molecule has 1 N–H and O–H groups in total. The van der Waals surface area contributed by atoms with Crippen molar-refractivity contribution in [2.45, 2.75) is 18.2 Å². The van der Waals surface area contributed by atoms with Gasteiger partial charge in [0.1, 0.15) is 5.75 Å². The van der Waals surface area contributed by atoms with Crippen LogP contribution in [-0.4, -0.2) is 58.8 Å². The second-order valence-electron chi connectivity index (χ2n) is 7.89. The minimum Gasteiger partial charge on any atom is -0.497 e. The van der Waals surface area contributed by atoms with Crippen molar-refractivity contribution >= 4 is 22.1 Å². The zero-order chi connectivity index (χ0) is 26.7. The Morgan fingerprint density at radius 1 is 0.973 bits per heavy atom. The first kappa shape index (κ1) is 27.7. The van der Waals surface area contributed by atoms with Crippen LogP contribution in [0.25, 0.3) is 0 Å². The smallest absolute Gasteiger partial charge is 0.255 e. The van der Waals surface area contributed by atoms with Gasteiger partial charge >= 0.3 is 0 Å². The van der Waals surface area contributed by atoms with Gasteiger partial charge in [0.15, 0.2) is 11.5 Å². The molecular formula is C27H31N3O6S. The number of carbonyl (C=O) groups is 1. The molecule has 0 saturated heterocycles. The Labute approximate surface area is 217 Å². The molecule has 0 unspecified atom stereocenters. The third-order valence-electron chi connectivity index (χ3n) is 5.40. The normalized spacial score (nSPS) is 11.5. The molecule has 0 aliphatic heterocycles. The van der Waals surface area contributed by atoms with Gasteiger partial charge in [0.25, 0.3) is 5.91 Å². The van der Waals surface area contributed by atoms with Crippen molar-refractivity contribution in [3.05, 3.63) is 83.9 Å². The van der Waals surface area contributed by atoms with E-state index in [1.165, 1.54) is 32.6 Å². The summed E-state index contributed by atoms with van der Waals surface area (Å²) in [4.78, 5) is 12.8. The predicted molar refractivity (Wildman–Crippen MR) is 142 cm³/mol. The molecule has 0 atom stereocenters. The molecular weight excluding hydrogens is 494 g/mol. The number of hydrogen-bond donors (Lipinski definition) is 1. The monoisotopic (exact) mass is 525 g/mol. The number of hydrogen-bond acceptors (Lipinski definition) is 7. The quantitative estimate of drug-likeness (QED) is 0.271. The van der Waals surface area contributed by atoms with Crippen molar-refractivity contribution in [2.24, 2.45) is 5.10 Å². The molecule has 196 valence electrons. The van der Waals surface area contributed by atoms with Crippen LogP contribution in [0.15, 0.2) is 82.8 Å². The number of hydrazone groups is 1. The number of methoxy groups -OCH3 is 2. The van der Waals surface area contributed by atoms with Gasteiger partial charge in [0, 0.05) is 6.54 Å². The van der Waals surface area contributed by atoms with Crippen molar-refractivity contribution in [3.8, 4) is 17.2 Å². The number of benzene rings is 3. The lowest BCUT2D eigenvalue weighted by Gasteiger charge is -2.21. The lowest BCUT2D eigenvalue weighted by atomic mass is 10.1. The van der Waals surface area contributed by atoms with Gasteiger partial charge < -0.3 is 14.2 Å². The topological polar surface area (TPSA) is 107 Å². The summed E-state index contributed by atoms with van der Waals surface area (Å²) in [6, 6.07) is 20.8. The van der Waals surface area contributed by atoms with Crippen molar-refractivity contribution in [1.82, 2.24) is 9.73 Å². The Morgan fingerprint density at radius 3 is 2.35 bits per heavy atom. The van der Waals surface area contributed by atoms with Crippen LogP contribution in [0.1, 0.15) is 18.1 Å². The zero-order valence-electron chi connectivity index (χ0n) is 21.1. The van der Waals surface area contributed by atoms with Crippen molar-refractivity contribution in [3.63, 3.8) is 0 Å². The summed E-state index contributed by atoms with van der Waals surface area (Å²) < 4.78 is 43.8. The number of amides is 1. The number of nitrogens with one attached hydrogen (secondary N) is 1. The molecule has 0 spiro atoms. The number of nitrogens with zero attached hydrogens (tertiary/aromatic N) is 2. The molecule has 9 nitrogen and oxygen atoms in total. The van der Waals surface area contributed by atoms with Gasteiger partial charge in [-0.2, -0.15) is 9.41 Å². The van der Waals surface area contributed by atoms with E-state index >= 15 is 0 Å². The van der Waals surface area contributed by atoms with Gasteiger partial charge in [-0.05, 0) is 66.9 Å². The minimum absolute atomic E-state index is 0.0687. The third-order valence-corrected chi connectivity index (χ3v) is 7.26. The summed E-state index contributed by atoms with van der Waals surface area (Å²) in [6.07, 6.45) is 1.89. The fraction of sp³-hybridized carbons (Fsp3) is 0.259. The van der Waals surface area contributed by atoms with Crippen LogP contribution in [-0.2, 0) is 21.2 Å².